The van der Waals surface area contributed by atoms with Crippen LogP contribution in [0, 0.1) is 17.4 Å². The summed E-state index contributed by atoms with van der Waals surface area (Å²) in [5, 5.41) is 11.0. The molecule has 0 aromatic rings. The molecule has 0 bridgehead atoms. The van der Waals surface area contributed by atoms with Gasteiger partial charge in [0.15, 0.2) is 0 Å². The second-order valence-corrected chi connectivity index (χ2v) is 2.77. The van der Waals surface area contributed by atoms with Gasteiger partial charge in [0.2, 0.25) is 12.2 Å². The van der Waals surface area contributed by atoms with Crippen molar-refractivity contribution >= 4 is 5.96 Å². The number of nitrogens with one attached hydrogen (secondary N) is 1. The van der Waals surface area contributed by atoms with Gasteiger partial charge in [-0.05, 0) is 12.8 Å². The Hall–Kier alpha value is -1.24. The third-order valence-corrected chi connectivity index (χ3v) is 1.55. The van der Waals surface area contributed by atoms with Crippen molar-refractivity contribution in [2.75, 3.05) is 0 Å². The molecule has 0 amide bonds. The highest BCUT2D eigenvalue weighted by Gasteiger charge is 2.06. The minimum absolute atomic E-state index is 0.189. The summed E-state index contributed by atoms with van der Waals surface area (Å²) in [5.74, 6) is 0.663. The standard InChI is InChI=1S/C7H14N4/c1-5(2)6(3)11-7(9)10-4-8/h5-6H,1-3H3,(H3,9,10,11). The van der Waals surface area contributed by atoms with Crippen LogP contribution in [0.1, 0.15) is 20.8 Å². The van der Waals surface area contributed by atoms with Gasteiger partial charge in [-0.1, -0.05) is 13.8 Å². The lowest BCUT2D eigenvalue weighted by Crippen LogP contribution is -2.40. The highest BCUT2D eigenvalue weighted by molar-refractivity contribution is 5.78. The predicted octanol–water partition coefficient (Wildman–Crippen LogP) is 0.416. The van der Waals surface area contributed by atoms with Gasteiger partial charge in [-0.25, -0.2) is 0 Å². The molecule has 0 fully saturated rings. The van der Waals surface area contributed by atoms with Crippen LogP contribution in [-0.4, -0.2) is 12.0 Å². The van der Waals surface area contributed by atoms with E-state index in [-0.39, 0.29) is 12.0 Å². The van der Waals surface area contributed by atoms with Crippen LogP contribution in [-0.2, 0) is 0 Å². The molecule has 62 valence electrons. The number of hydrogen-bond donors (Lipinski definition) is 2. The van der Waals surface area contributed by atoms with Crippen LogP contribution in [0.5, 0.6) is 0 Å². The summed E-state index contributed by atoms with van der Waals surface area (Å²) in [5.41, 5.74) is 5.34. The van der Waals surface area contributed by atoms with Crippen LogP contribution in [0.25, 0.3) is 0 Å². The molecule has 0 rings (SSSR count). The minimum atomic E-state index is 0.189. The zero-order valence-electron chi connectivity index (χ0n) is 7.13. The topological polar surface area (TPSA) is 74.2 Å². The van der Waals surface area contributed by atoms with Gasteiger partial charge >= 0.3 is 0 Å². The van der Waals surface area contributed by atoms with E-state index in [1.165, 1.54) is 0 Å². The van der Waals surface area contributed by atoms with Gasteiger partial charge < -0.3 is 11.1 Å². The Balaban J connectivity index is 3.87. The van der Waals surface area contributed by atoms with Crippen molar-refractivity contribution in [1.82, 2.24) is 5.32 Å². The fraction of sp³-hybridized carbons (Fsp3) is 0.714. The van der Waals surface area contributed by atoms with E-state index in [1.807, 2.05) is 6.92 Å². The van der Waals surface area contributed by atoms with Gasteiger partial charge in [-0.2, -0.15) is 5.26 Å². The van der Waals surface area contributed by atoms with E-state index in [0.717, 1.165) is 0 Å². The SMILES string of the molecule is CC(C)C(C)N/C(N)=N/C#N. The van der Waals surface area contributed by atoms with Gasteiger partial charge in [-0.15, -0.1) is 4.99 Å². The van der Waals surface area contributed by atoms with Gasteiger partial charge in [0.25, 0.3) is 0 Å². The Kier molecular flexibility index (Phi) is 4.04. The average molecular weight is 154 g/mol. The summed E-state index contributed by atoms with van der Waals surface area (Å²) in [4.78, 5) is 3.34. The number of nitrogens with zero attached hydrogens (tertiary/aromatic N) is 2. The van der Waals surface area contributed by atoms with Crippen LogP contribution >= 0.6 is 0 Å². The van der Waals surface area contributed by atoms with Crippen molar-refractivity contribution in [3.63, 3.8) is 0 Å². The van der Waals surface area contributed by atoms with Crippen LogP contribution in [0.2, 0.25) is 0 Å². The maximum atomic E-state index is 8.13. The number of nitriles is 1. The number of hydrogen-bond acceptors (Lipinski definition) is 2. The molecule has 0 heterocycles. The quantitative estimate of drug-likeness (QED) is 0.344. The molecular formula is C7H14N4. The van der Waals surface area contributed by atoms with Gasteiger partial charge in [0, 0.05) is 6.04 Å². The normalized spacial score (nSPS) is 14.3. The molecule has 0 saturated carbocycles. The Morgan fingerprint density at radius 3 is 2.45 bits per heavy atom. The lowest BCUT2D eigenvalue weighted by molar-refractivity contribution is 0.486. The maximum Gasteiger partial charge on any atom is 0.209 e. The smallest absolute Gasteiger partial charge is 0.209 e. The van der Waals surface area contributed by atoms with Crippen LogP contribution in [0.15, 0.2) is 4.99 Å². The number of nitrogens with two attached hydrogens (primary N) is 1. The first-order chi connectivity index (χ1) is 5.07. The van der Waals surface area contributed by atoms with E-state index in [9.17, 15) is 0 Å². The predicted molar refractivity (Wildman–Crippen MR) is 44.7 cm³/mol. The highest BCUT2D eigenvalue weighted by atomic mass is 15.1. The second-order valence-electron chi connectivity index (χ2n) is 2.77. The van der Waals surface area contributed by atoms with Crippen molar-refractivity contribution in [2.24, 2.45) is 16.6 Å². The van der Waals surface area contributed by atoms with Crippen molar-refractivity contribution in [3.8, 4) is 6.19 Å². The van der Waals surface area contributed by atoms with E-state index in [0.29, 0.717) is 5.92 Å². The summed E-state index contributed by atoms with van der Waals surface area (Å²) in [7, 11) is 0. The van der Waals surface area contributed by atoms with E-state index < -0.39 is 0 Å². The first-order valence-corrected chi connectivity index (χ1v) is 3.56. The molecule has 1 unspecified atom stereocenters. The first kappa shape index (κ1) is 9.76. The molecular weight excluding hydrogens is 140 g/mol. The molecule has 0 aliphatic carbocycles. The summed E-state index contributed by atoms with van der Waals surface area (Å²) < 4.78 is 0. The molecule has 11 heavy (non-hydrogen) atoms. The monoisotopic (exact) mass is 154 g/mol. The number of guanidine groups is 1. The number of rotatable bonds is 2. The average Bonchev–Trinajstić information content (AvgIpc) is 1.87. The fourth-order valence-electron chi connectivity index (χ4n) is 0.486. The lowest BCUT2D eigenvalue weighted by atomic mass is 10.1. The molecule has 0 aromatic carbocycles. The maximum absolute atomic E-state index is 8.13. The van der Waals surface area contributed by atoms with Crippen LogP contribution in [0.3, 0.4) is 0 Å². The lowest BCUT2D eigenvalue weighted by Gasteiger charge is -2.16. The molecule has 3 N–H and O–H groups in total. The highest BCUT2D eigenvalue weighted by Crippen LogP contribution is 1.98. The first-order valence-electron chi connectivity index (χ1n) is 3.56. The molecule has 0 radical (unpaired) electrons. The summed E-state index contributed by atoms with van der Waals surface area (Å²) in [6, 6.07) is 0.243. The van der Waals surface area contributed by atoms with Crippen LogP contribution < -0.4 is 11.1 Å². The molecule has 0 aliphatic heterocycles. The Labute approximate surface area is 67.1 Å². The van der Waals surface area contributed by atoms with Gasteiger partial charge in [0.1, 0.15) is 0 Å². The molecule has 0 aliphatic rings. The summed E-state index contributed by atoms with van der Waals surface area (Å²) >= 11 is 0. The van der Waals surface area contributed by atoms with Crippen molar-refractivity contribution in [3.05, 3.63) is 0 Å². The Bertz CT molecular complexity index is 177. The summed E-state index contributed by atoms with van der Waals surface area (Å²) in [6.07, 6.45) is 1.61. The second kappa shape index (κ2) is 4.56. The van der Waals surface area contributed by atoms with E-state index in [2.05, 4.69) is 24.2 Å². The molecule has 4 heteroatoms. The summed E-state index contributed by atoms with van der Waals surface area (Å²) in [6.45, 7) is 6.12. The van der Waals surface area contributed by atoms with E-state index in [4.69, 9.17) is 11.0 Å². The van der Waals surface area contributed by atoms with Gasteiger partial charge in [-0.3, -0.25) is 0 Å². The third-order valence-electron chi connectivity index (χ3n) is 1.55. The zero-order chi connectivity index (χ0) is 8.85. The van der Waals surface area contributed by atoms with E-state index in [1.54, 1.807) is 6.19 Å². The van der Waals surface area contributed by atoms with Crippen LogP contribution in [0.4, 0.5) is 0 Å². The molecule has 4 nitrogen and oxygen atoms in total. The molecule has 0 aromatic heterocycles. The van der Waals surface area contributed by atoms with E-state index >= 15 is 0 Å². The molecule has 0 spiro atoms. The van der Waals surface area contributed by atoms with Crippen molar-refractivity contribution < 1.29 is 0 Å². The van der Waals surface area contributed by atoms with Gasteiger partial charge in [0.05, 0.1) is 0 Å². The third kappa shape index (κ3) is 4.20. The zero-order valence-corrected chi connectivity index (χ0v) is 7.13. The minimum Gasteiger partial charge on any atom is -0.369 e. The Morgan fingerprint density at radius 1 is 1.55 bits per heavy atom. The van der Waals surface area contributed by atoms with Crippen molar-refractivity contribution in [2.45, 2.75) is 26.8 Å². The number of aliphatic imine (C=N–C) groups is 1. The molecule has 1 atom stereocenters. The fourth-order valence-corrected chi connectivity index (χ4v) is 0.486. The molecule has 0 saturated heterocycles. The van der Waals surface area contributed by atoms with Crippen molar-refractivity contribution in [1.29, 1.82) is 5.26 Å². The Morgan fingerprint density at radius 2 is 2.09 bits per heavy atom. The largest absolute Gasteiger partial charge is 0.369 e.